The Bertz CT molecular complexity index is 1300. The van der Waals surface area contributed by atoms with E-state index in [1.54, 1.807) is 70.2 Å². The maximum Gasteiger partial charge on any atom is 0.256 e. The Morgan fingerprint density at radius 2 is 1.66 bits per heavy atom. The summed E-state index contributed by atoms with van der Waals surface area (Å²) >= 11 is 0. The Morgan fingerprint density at radius 1 is 0.938 bits per heavy atom. The van der Waals surface area contributed by atoms with Gasteiger partial charge in [-0.05, 0) is 69.2 Å². The van der Waals surface area contributed by atoms with E-state index in [2.05, 4.69) is 21.7 Å². The number of carbonyl (C=O) groups excluding carboxylic acids is 2. The van der Waals surface area contributed by atoms with Gasteiger partial charge in [-0.1, -0.05) is 18.2 Å². The van der Waals surface area contributed by atoms with Crippen LogP contribution >= 0.6 is 0 Å². The number of anilines is 2. The molecule has 1 heterocycles. The van der Waals surface area contributed by atoms with Gasteiger partial charge in [0, 0.05) is 28.6 Å². The molecular weight excluding hydrogens is 404 g/mol. The monoisotopic (exact) mass is 428 g/mol. The molecule has 0 aliphatic rings. The van der Waals surface area contributed by atoms with Gasteiger partial charge in [0.25, 0.3) is 17.4 Å². The summed E-state index contributed by atoms with van der Waals surface area (Å²) in [5.41, 5.74) is 2.78. The van der Waals surface area contributed by atoms with Crippen LogP contribution in [0.2, 0.25) is 0 Å². The third kappa shape index (κ3) is 4.93. The average Bonchev–Trinajstić information content (AvgIpc) is 2.77. The fourth-order valence-corrected chi connectivity index (χ4v) is 3.13. The molecule has 2 aromatic carbocycles. The molecule has 3 rings (SSSR count). The number of aryl methyl sites for hydroxylation is 2. The first-order chi connectivity index (χ1) is 15.1. The standard InChI is InChI=1S/C25H24N4O3/c1-15-8-9-19(12-21(15)24(32)29-20-10-16(2)22(30)27-13-20)28-23(31)17-6-5-7-18(11-17)25(3,4)14-26/h5-13H,1-4H3,(H,27,30)(H,28,31)(H,29,32). The van der Waals surface area contributed by atoms with Gasteiger partial charge in [-0.15, -0.1) is 0 Å². The van der Waals surface area contributed by atoms with E-state index in [1.165, 1.54) is 6.20 Å². The van der Waals surface area contributed by atoms with Crippen molar-refractivity contribution in [1.29, 1.82) is 5.26 Å². The average molecular weight is 428 g/mol. The number of benzene rings is 2. The Balaban J connectivity index is 1.81. The zero-order valence-corrected chi connectivity index (χ0v) is 18.4. The topological polar surface area (TPSA) is 115 Å². The van der Waals surface area contributed by atoms with Crippen LogP contribution in [0.25, 0.3) is 0 Å². The number of nitriles is 1. The minimum Gasteiger partial charge on any atom is -0.327 e. The number of carbonyl (C=O) groups is 2. The third-order valence-corrected chi connectivity index (χ3v) is 5.21. The summed E-state index contributed by atoms with van der Waals surface area (Å²) in [7, 11) is 0. The number of aromatic nitrogens is 1. The van der Waals surface area contributed by atoms with Crippen molar-refractivity contribution >= 4 is 23.2 Å². The molecule has 0 unspecified atom stereocenters. The quantitative estimate of drug-likeness (QED) is 0.562. The van der Waals surface area contributed by atoms with E-state index in [-0.39, 0.29) is 17.4 Å². The van der Waals surface area contributed by atoms with Crippen molar-refractivity contribution in [2.24, 2.45) is 0 Å². The van der Waals surface area contributed by atoms with E-state index in [1.807, 2.05) is 6.07 Å². The van der Waals surface area contributed by atoms with Crippen molar-refractivity contribution in [3.63, 3.8) is 0 Å². The van der Waals surface area contributed by atoms with Gasteiger partial charge in [0.15, 0.2) is 0 Å². The molecule has 0 radical (unpaired) electrons. The van der Waals surface area contributed by atoms with Gasteiger partial charge in [0.05, 0.1) is 17.2 Å². The summed E-state index contributed by atoms with van der Waals surface area (Å²) in [5.74, 6) is -0.699. The summed E-state index contributed by atoms with van der Waals surface area (Å²) in [6.07, 6.45) is 1.43. The largest absolute Gasteiger partial charge is 0.327 e. The number of H-pyrrole nitrogens is 1. The Morgan fingerprint density at radius 3 is 2.34 bits per heavy atom. The number of rotatable bonds is 5. The summed E-state index contributed by atoms with van der Waals surface area (Å²) in [6.45, 7) is 7.03. The molecule has 0 spiro atoms. The first-order valence-corrected chi connectivity index (χ1v) is 10.1. The van der Waals surface area contributed by atoms with Crippen molar-refractivity contribution in [3.8, 4) is 6.07 Å². The number of nitrogens with one attached hydrogen (secondary N) is 3. The molecule has 0 saturated carbocycles. The molecule has 2 amide bonds. The minimum absolute atomic E-state index is 0.217. The second-order valence-electron chi connectivity index (χ2n) is 8.16. The van der Waals surface area contributed by atoms with E-state index in [4.69, 9.17) is 0 Å². The highest BCUT2D eigenvalue weighted by Crippen LogP contribution is 2.24. The molecule has 0 atom stereocenters. The van der Waals surface area contributed by atoms with Crippen LogP contribution in [-0.2, 0) is 5.41 Å². The molecule has 0 aliphatic heterocycles. The molecule has 0 fully saturated rings. The van der Waals surface area contributed by atoms with Gasteiger partial charge < -0.3 is 15.6 Å². The van der Waals surface area contributed by atoms with Crippen LogP contribution in [0.3, 0.4) is 0 Å². The van der Waals surface area contributed by atoms with E-state index in [9.17, 15) is 19.6 Å². The van der Waals surface area contributed by atoms with Gasteiger partial charge >= 0.3 is 0 Å². The van der Waals surface area contributed by atoms with E-state index in [0.29, 0.717) is 28.1 Å². The molecule has 7 heteroatoms. The van der Waals surface area contributed by atoms with Crippen molar-refractivity contribution in [2.45, 2.75) is 33.1 Å². The lowest BCUT2D eigenvalue weighted by molar-refractivity contribution is 0.101. The van der Waals surface area contributed by atoms with Crippen LogP contribution in [0, 0.1) is 25.2 Å². The summed E-state index contributed by atoms with van der Waals surface area (Å²) in [4.78, 5) is 39.6. The van der Waals surface area contributed by atoms with E-state index in [0.717, 1.165) is 11.1 Å². The van der Waals surface area contributed by atoms with Crippen LogP contribution < -0.4 is 16.2 Å². The zero-order valence-electron chi connectivity index (χ0n) is 18.4. The highest BCUT2D eigenvalue weighted by molar-refractivity contribution is 6.08. The maximum absolute atomic E-state index is 12.8. The number of pyridine rings is 1. The lowest BCUT2D eigenvalue weighted by Crippen LogP contribution is -2.18. The van der Waals surface area contributed by atoms with Crippen molar-refractivity contribution in [3.05, 3.63) is 92.9 Å². The molecule has 0 bridgehead atoms. The predicted octanol–water partition coefficient (Wildman–Crippen LogP) is 4.30. The fourth-order valence-electron chi connectivity index (χ4n) is 3.13. The summed E-state index contributed by atoms with van der Waals surface area (Å²) in [5, 5.41) is 14.9. The molecule has 3 N–H and O–H groups in total. The normalized spacial score (nSPS) is 10.8. The molecule has 7 nitrogen and oxygen atoms in total. The molecular formula is C25H24N4O3. The predicted molar refractivity (Wildman–Crippen MR) is 124 cm³/mol. The van der Waals surface area contributed by atoms with E-state index < -0.39 is 5.41 Å². The molecule has 1 aromatic heterocycles. The Kier molecular flexibility index (Phi) is 6.26. The number of hydrogen-bond donors (Lipinski definition) is 3. The Labute approximate surface area is 186 Å². The SMILES string of the molecule is Cc1ccc(NC(=O)c2cccc(C(C)(C)C#N)c2)cc1C(=O)Nc1c[nH]c(=O)c(C)c1. The molecule has 32 heavy (non-hydrogen) atoms. The highest BCUT2D eigenvalue weighted by Gasteiger charge is 2.21. The van der Waals surface area contributed by atoms with Crippen LogP contribution in [0.4, 0.5) is 11.4 Å². The second kappa shape index (κ2) is 8.90. The smallest absolute Gasteiger partial charge is 0.256 e. The number of nitrogens with zero attached hydrogens (tertiary/aromatic N) is 1. The Hall–Kier alpha value is -4.18. The zero-order chi connectivity index (χ0) is 23.5. The number of hydrogen-bond acceptors (Lipinski definition) is 4. The summed E-state index contributed by atoms with van der Waals surface area (Å²) < 4.78 is 0. The fraction of sp³-hybridized carbons (Fsp3) is 0.200. The molecule has 3 aromatic rings. The van der Waals surface area contributed by atoms with Crippen molar-refractivity contribution in [2.75, 3.05) is 10.6 Å². The number of amides is 2. The van der Waals surface area contributed by atoms with Crippen molar-refractivity contribution in [1.82, 2.24) is 4.98 Å². The van der Waals surface area contributed by atoms with Gasteiger partial charge in [-0.3, -0.25) is 14.4 Å². The van der Waals surface area contributed by atoms with Crippen LogP contribution in [-0.4, -0.2) is 16.8 Å². The maximum atomic E-state index is 12.8. The van der Waals surface area contributed by atoms with Gasteiger partial charge in [-0.2, -0.15) is 5.26 Å². The van der Waals surface area contributed by atoms with Gasteiger partial charge in [-0.25, -0.2) is 0 Å². The van der Waals surface area contributed by atoms with Crippen LogP contribution in [0.15, 0.2) is 59.5 Å². The van der Waals surface area contributed by atoms with Gasteiger partial charge in [0.2, 0.25) is 0 Å². The minimum atomic E-state index is -0.717. The highest BCUT2D eigenvalue weighted by atomic mass is 16.2. The first kappa shape index (κ1) is 22.5. The lowest BCUT2D eigenvalue weighted by Gasteiger charge is -2.16. The van der Waals surface area contributed by atoms with E-state index >= 15 is 0 Å². The number of aromatic amines is 1. The van der Waals surface area contributed by atoms with Crippen LogP contribution in [0.5, 0.6) is 0 Å². The first-order valence-electron chi connectivity index (χ1n) is 10.1. The third-order valence-electron chi connectivity index (χ3n) is 5.21. The molecule has 0 aliphatic carbocycles. The van der Waals surface area contributed by atoms with Crippen molar-refractivity contribution < 1.29 is 9.59 Å². The van der Waals surface area contributed by atoms with Crippen LogP contribution in [0.1, 0.15) is 51.3 Å². The molecule has 162 valence electrons. The summed E-state index contributed by atoms with van der Waals surface area (Å²) in [6, 6.07) is 15.8. The molecule has 0 saturated heterocycles. The lowest BCUT2D eigenvalue weighted by atomic mass is 9.85. The van der Waals surface area contributed by atoms with Gasteiger partial charge in [0.1, 0.15) is 0 Å². The second-order valence-corrected chi connectivity index (χ2v) is 8.16.